The van der Waals surface area contributed by atoms with Gasteiger partial charge < -0.3 is 4.74 Å². The molecule has 3 rings (SSSR count). The number of aryl methyl sites for hydroxylation is 2. The van der Waals surface area contributed by atoms with Crippen molar-refractivity contribution in [1.29, 1.82) is 0 Å². The van der Waals surface area contributed by atoms with Crippen LogP contribution in [0.25, 0.3) is 0 Å². The van der Waals surface area contributed by atoms with Crippen molar-refractivity contribution in [3.63, 3.8) is 0 Å². The topological polar surface area (TPSA) is 92.8 Å². The molecule has 148 valence electrons. The van der Waals surface area contributed by atoms with Gasteiger partial charge in [-0.3, -0.25) is 0 Å². The fraction of sp³-hybridized carbons (Fsp3) is 0.412. The quantitative estimate of drug-likeness (QED) is 0.755. The lowest BCUT2D eigenvalue weighted by atomic mass is 10.2. The SMILES string of the molecule is Cc1ccc(C)c(S(=O)(=O)NCc2ccc(S(=O)(=O)N3CCOCC3)s2)c1. The Bertz CT molecular complexity index is 1020. The average molecular weight is 431 g/mol. The summed E-state index contributed by atoms with van der Waals surface area (Å²) in [7, 11) is -7.24. The second-order valence-corrected chi connectivity index (χ2v) is 11.4. The van der Waals surface area contributed by atoms with Crippen LogP contribution >= 0.6 is 11.3 Å². The lowest BCUT2D eigenvalue weighted by molar-refractivity contribution is 0.0731. The minimum absolute atomic E-state index is 0.0407. The Labute approximate surface area is 164 Å². The highest BCUT2D eigenvalue weighted by atomic mass is 32.2. The van der Waals surface area contributed by atoms with Gasteiger partial charge >= 0.3 is 0 Å². The third kappa shape index (κ3) is 4.58. The Hall–Kier alpha value is -1.30. The minimum atomic E-state index is -3.68. The Balaban J connectivity index is 1.73. The maximum absolute atomic E-state index is 12.6. The average Bonchev–Trinajstić information content (AvgIpc) is 3.13. The van der Waals surface area contributed by atoms with Crippen LogP contribution in [0.4, 0.5) is 0 Å². The van der Waals surface area contributed by atoms with Crippen LogP contribution in [0.15, 0.2) is 39.4 Å². The fourth-order valence-electron chi connectivity index (χ4n) is 2.75. The van der Waals surface area contributed by atoms with Crippen LogP contribution < -0.4 is 4.72 Å². The van der Waals surface area contributed by atoms with E-state index in [0.29, 0.717) is 36.7 Å². The Morgan fingerprint density at radius 3 is 2.48 bits per heavy atom. The van der Waals surface area contributed by atoms with Gasteiger partial charge in [-0.05, 0) is 43.2 Å². The zero-order valence-corrected chi connectivity index (χ0v) is 17.6. The Morgan fingerprint density at radius 2 is 1.78 bits per heavy atom. The molecular formula is C17H22N2O5S3. The van der Waals surface area contributed by atoms with E-state index in [1.54, 1.807) is 25.1 Å². The molecule has 1 N–H and O–H groups in total. The lowest BCUT2D eigenvalue weighted by Crippen LogP contribution is -2.40. The van der Waals surface area contributed by atoms with Gasteiger partial charge in [0.15, 0.2) is 0 Å². The molecule has 0 aliphatic carbocycles. The molecule has 2 heterocycles. The third-order valence-corrected chi connectivity index (χ3v) is 9.27. The van der Waals surface area contributed by atoms with Crippen LogP contribution in [0.5, 0.6) is 0 Å². The molecule has 0 spiro atoms. The van der Waals surface area contributed by atoms with Crippen molar-refractivity contribution in [2.75, 3.05) is 26.3 Å². The van der Waals surface area contributed by atoms with Crippen molar-refractivity contribution in [2.24, 2.45) is 0 Å². The van der Waals surface area contributed by atoms with Crippen molar-refractivity contribution in [1.82, 2.24) is 9.03 Å². The number of sulfonamides is 2. The van der Waals surface area contributed by atoms with Crippen molar-refractivity contribution in [3.8, 4) is 0 Å². The molecular weight excluding hydrogens is 408 g/mol. The van der Waals surface area contributed by atoms with Gasteiger partial charge in [0.25, 0.3) is 10.0 Å². The molecule has 0 unspecified atom stereocenters. The zero-order chi connectivity index (χ0) is 19.7. The molecule has 27 heavy (non-hydrogen) atoms. The number of nitrogens with one attached hydrogen (secondary N) is 1. The van der Waals surface area contributed by atoms with E-state index in [0.717, 1.165) is 16.9 Å². The summed E-state index contributed by atoms with van der Waals surface area (Å²) in [6.45, 7) is 5.04. The lowest BCUT2D eigenvalue weighted by Gasteiger charge is -2.25. The van der Waals surface area contributed by atoms with Crippen molar-refractivity contribution in [3.05, 3.63) is 46.3 Å². The molecule has 0 amide bonds. The van der Waals surface area contributed by atoms with Crippen LogP contribution in [-0.2, 0) is 31.3 Å². The predicted octanol–water partition coefficient (Wildman–Crippen LogP) is 1.86. The summed E-state index contributed by atoms with van der Waals surface area (Å²) in [6, 6.07) is 8.42. The van der Waals surface area contributed by atoms with Gasteiger partial charge in [0, 0.05) is 24.5 Å². The van der Waals surface area contributed by atoms with Crippen molar-refractivity contribution < 1.29 is 21.6 Å². The van der Waals surface area contributed by atoms with E-state index in [1.807, 2.05) is 13.0 Å². The van der Waals surface area contributed by atoms with Crippen LogP contribution in [0.2, 0.25) is 0 Å². The van der Waals surface area contributed by atoms with E-state index in [4.69, 9.17) is 4.74 Å². The molecule has 2 aromatic rings. The van der Waals surface area contributed by atoms with Gasteiger partial charge in [-0.25, -0.2) is 21.6 Å². The standard InChI is InChI=1S/C17H22N2O5S3/c1-13-3-4-14(2)16(11-13)26(20,21)18-12-15-5-6-17(25-15)27(22,23)19-7-9-24-10-8-19/h3-6,11,18H,7-10,12H2,1-2H3. The minimum Gasteiger partial charge on any atom is -0.379 e. The number of hydrogen-bond acceptors (Lipinski definition) is 6. The summed E-state index contributed by atoms with van der Waals surface area (Å²) >= 11 is 1.08. The van der Waals surface area contributed by atoms with Crippen LogP contribution in [0, 0.1) is 13.8 Å². The van der Waals surface area contributed by atoms with Gasteiger partial charge in [-0.15, -0.1) is 11.3 Å². The summed E-state index contributed by atoms with van der Waals surface area (Å²) in [4.78, 5) is 0.871. The summed E-state index contributed by atoms with van der Waals surface area (Å²) in [6.07, 6.45) is 0. The Morgan fingerprint density at radius 1 is 1.07 bits per heavy atom. The second kappa shape index (κ2) is 7.98. The van der Waals surface area contributed by atoms with E-state index >= 15 is 0 Å². The predicted molar refractivity (Wildman–Crippen MR) is 104 cm³/mol. The van der Waals surface area contributed by atoms with E-state index < -0.39 is 20.0 Å². The Kier molecular flexibility index (Phi) is 6.04. The van der Waals surface area contributed by atoms with Crippen molar-refractivity contribution in [2.45, 2.75) is 29.5 Å². The van der Waals surface area contributed by atoms with E-state index in [9.17, 15) is 16.8 Å². The first-order valence-corrected chi connectivity index (χ1v) is 12.2. The molecule has 1 aromatic carbocycles. The number of morpholine rings is 1. The normalized spacial score (nSPS) is 16.5. The maximum atomic E-state index is 12.6. The largest absolute Gasteiger partial charge is 0.379 e. The number of benzene rings is 1. The third-order valence-electron chi connectivity index (χ3n) is 4.27. The van der Waals surface area contributed by atoms with Gasteiger partial charge in [0.05, 0.1) is 18.1 Å². The first-order chi connectivity index (χ1) is 12.7. The molecule has 1 aliphatic heterocycles. The van der Waals surface area contributed by atoms with Gasteiger partial charge in [0.2, 0.25) is 10.0 Å². The molecule has 7 nitrogen and oxygen atoms in total. The van der Waals surface area contributed by atoms with Crippen molar-refractivity contribution >= 4 is 31.4 Å². The summed E-state index contributed by atoms with van der Waals surface area (Å²) in [5.41, 5.74) is 1.52. The second-order valence-electron chi connectivity index (χ2n) is 6.33. The number of thiophene rings is 1. The summed E-state index contributed by atoms with van der Waals surface area (Å²) in [5, 5.41) is 0. The molecule has 0 saturated carbocycles. The fourth-order valence-corrected chi connectivity index (χ4v) is 7.03. The zero-order valence-electron chi connectivity index (χ0n) is 15.1. The molecule has 0 atom stereocenters. The van der Waals surface area contributed by atoms with Crippen LogP contribution in [0.3, 0.4) is 0 Å². The smallest absolute Gasteiger partial charge is 0.252 e. The molecule has 0 radical (unpaired) electrons. The van der Waals surface area contributed by atoms with E-state index in [1.165, 1.54) is 10.4 Å². The number of ether oxygens (including phenoxy) is 1. The molecule has 1 aromatic heterocycles. The highest BCUT2D eigenvalue weighted by Crippen LogP contribution is 2.26. The first-order valence-electron chi connectivity index (χ1n) is 8.44. The highest BCUT2D eigenvalue weighted by molar-refractivity contribution is 7.91. The highest BCUT2D eigenvalue weighted by Gasteiger charge is 2.28. The van der Waals surface area contributed by atoms with Crippen LogP contribution in [-0.4, -0.2) is 47.4 Å². The van der Waals surface area contributed by atoms with Gasteiger partial charge in [-0.1, -0.05) is 12.1 Å². The maximum Gasteiger partial charge on any atom is 0.252 e. The molecule has 1 saturated heterocycles. The van der Waals surface area contributed by atoms with Crippen LogP contribution in [0.1, 0.15) is 16.0 Å². The molecule has 0 bridgehead atoms. The number of nitrogens with zero attached hydrogens (tertiary/aromatic N) is 1. The molecule has 1 aliphatic rings. The van der Waals surface area contributed by atoms with E-state index in [-0.39, 0.29) is 15.6 Å². The summed E-state index contributed by atoms with van der Waals surface area (Å²) in [5.74, 6) is 0. The molecule has 10 heteroatoms. The van der Waals surface area contributed by atoms with E-state index in [2.05, 4.69) is 4.72 Å². The summed E-state index contributed by atoms with van der Waals surface area (Å²) < 4.78 is 59.8. The first kappa shape index (κ1) is 20.4. The van der Waals surface area contributed by atoms with Gasteiger partial charge in [0.1, 0.15) is 4.21 Å². The number of hydrogen-bond donors (Lipinski definition) is 1. The molecule has 1 fully saturated rings. The monoisotopic (exact) mass is 430 g/mol. The number of rotatable bonds is 6. The van der Waals surface area contributed by atoms with Gasteiger partial charge in [-0.2, -0.15) is 4.31 Å².